The van der Waals surface area contributed by atoms with Crippen molar-refractivity contribution >= 4 is 10.8 Å². The number of terminal acetylenes is 1. The lowest BCUT2D eigenvalue weighted by Crippen LogP contribution is -2.26. The first kappa shape index (κ1) is 14.1. The summed E-state index contributed by atoms with van der Waals surface area (Å²) in [6, 6.07) is 16.7. The van der Waals surface area contributed by atoms with Gasteiger partial charge in [0.05, 0.1) is 0 Å². The Hall–Kier alpha value is -1.99. The zero-order valence-electron chi connectivity index (χ0n) is 9.35. The van der Waals surface area contributed by atoms with Crippen LogP contribution in [-0.2, 0) is 0 Å². The number of rotatable bonds is 0. The molecular weight excluding hydrogens is 241 g/mol. The number of halogens is 3. The number of hydrogen-bond acceptors (Lipinski definition) is 1. The van der Waals surface area contributed by atoms with Crippen molar-refractivity contribution in [3.05, 3.63) is 48.5 Å². The van der Waals surface area contributed by atoms with Crippen molar-refractivity contribution in [2.75, 3.05) is 0 Å². The van der Waals surface area contributed by atoms with Crippen LogP contribution in [0.1, 0.15) is 0 Å². The Morgan fingerprint density at radius 3 is 1.44 bits per heavy atom. The van der Waals surface area contributed by atoms with Crippen molar-refractivity contribution in [2.24, 2.45) is 0 Å². The first-order valence-corrected chi connectivity index (χ1v) is 5.10. The van der Waals surface area contributed by atoms with E-state index in [4.69, 9.17) is 5.11 Å². The molecule has 94 valence electrons. The van der Waals surface area contributed by atoms with Crippen LogP contribution in [0.3, 0.4) is 0 Å². The highest BCUT2D eigenvalue weighted by Gasteiger charge is 2.36. The second-order valence-corrected chi connectivity index (χ2v) is 3.46. The Labute approximate surface area is 103 Å². The van der Waals surface area contributed by atoms with E-state index in [1.165, 1.54) is 10.8 Å². The first-order chi connectivity index (χ1) is 8.45. The Balaban J connectivity index is 0.000000187. The summed E-state index contributed by atoms with van der Waals surface area (Å²) in [7, 11) is 0. The molecule has 2 aromatic rings. The summed E-state index contributed by atoms with van der Waals surface area (Å²) < 4.78 is 33.2. The SMILES string of the molecule is C#CC(O)C(F)(F)F.c1ccc2ccccc2c1. The lowest BCUT2D eigenvalue weighted by atomic mass is 10.1. The molecule has 0 fully saturated rings. The van der Waals surface area contributed by atoms with Gasteiger partial charge in [0.1, 0.15) is 0 Å². The average molecular weight is 252 g/mol. The van der Waals surface area contributed by atoms with Crippen LogP contribution in [0.2, 0.25) is 0 Å². The van der Waals surface area contributed by atoms with Gasteiger partial charge in [-0.3, -0.25) is 0 Å². The third-order valence-electron chi connectivity index (χ3n) is 2.13. The van der Waals surface area contributed by atoms with Crippen LogP contribution < -0.4 is 0 Å². The topological polar surface area (TPSA) is 20.2 Å². The minimum atomic E-state index is -4.67. The molecule has 0 radical (unpaired) electrons. The number of alkyl halides is 3. The highest BCUT2D eigenvalue weighted by atomic mass is 19.4. The quantitative estimate of drug-likeness (QED) is 0.713. The Morgan fingerprint density at radius 1 is 0.944 bits per heavy atom. The van der Waals surface area contributed by atoms with Gasteiger partial charge in [0.15, 0.2) is 0 Å². The average Bonchev–Trinajstić information content (AvgIpc) is 2.37. The van der Waals surface area contributed by atoms with Crippen LogP contribution in [0.5, 0.6) is 0 Å². The Kier molecular flexibility index (Phi) is 4.75. The normalized spacial score (nSPS) is 12.2. The van der Waals surface area contributed by atoms with Gasteiger partial charge in [-0.25, -0.2) is 0 Å². The molecule has 1 unspecified atom stereocenters. The molecule has 0 saturated heterocycles. The molecule has 0 spiro atoms. The second kappa shape index (κ2) is 6.08. The van der Waals surface area contributed by atoms with E-state index in [0.29, 0.717) is 0 Å². The van der Waals surface area contributed by atoms with Gasteiger partial charge in [0.25, 0.3) is 0 Å². The zero-order chi connectivity index (χ0) is 13.6. The van der Waals surface area contributed by atoms with Crippen LogP contribution >= 0.6 is 0 Å². The highest BCUT2D eigenvalue weighted by Crippen LogP contribution is 2.18. The van der Waals surface area contributed by atoms with E-state index in [1.54, 1.807) is 0 Å². The largest absolute Gasteiger partial charge is 0.425 e. The molecule has 0 saturated carbocycles. The maximum absolute atomic E-state index is 11.1. The zero-order valence-corrected chi connectivity index (χ0v) is 9.35. The number of aliphatic hydroxyl groups is 1. The molecule has 0 amide bonds. The van der Waals surface area contributed by atoms with Crippen molar-refractivity contribution in [3.63, 3.8) is 0 Å². The number of fused-ring (bicyclic) bond motifs is 1. The smallest absolute Gasteiger partial charge is 0.372 e. The summed E-state index contributed by atoms with van der Waals surface area (Å²) in [5.74, 6) is 1.14. The maximum Gasteiger partial charge on any atom is 0.425 e. The van der Waals surface area contributed by atoms with Gasteiger partial charge in [0.2, 0.25) is 6.10 Å². The van der Waals surface area contributed by atoms with E-state index < -0.39 is 12.3 Å². The fourth-order valence-corrected chi connectivity index (χ4v) is 1.23. The molecule has 0 aromatic heterocycles. The predicted octanol–water partition coefficient (Wildman–Crippen LogP) is 3.38. The van der Waals surface area contributed by atoms with Crippen LogP contribution in [0.25, 0.3) is 10.8 Å². The molecule has 18 heavy (non-hydrogen) atoms. The van der Waals surface area contributed by atoms with E-state index in [2.05, 4.69) is 55.0 Å². The standard InChI is InChI=1S/C10H8.C4H3F3O/c1-2-6-10-8-4-3-7-9(10)5-1;1-2-3(8)4(5,6)7/h1-8H;1,3,8H. The molecule has 1 atom stereocenters. The van der Waals surface area contributed by atoms with E-state index in [1.807, 2.05) is 0 Å². The van der Waals surface area contributed by atoms with Crippen LogP contribution in [0, 0.1) is 12.3 Å². The minimum Gasteiger partial charge on any atom is -0.372 e. The van der Waals surface area contributed by atoms with Gasteiger partial charge < -0.3 is 5.11 Å². The lowest BCUT2D eigenvalue weighted by molar-refractivity contribution is -0.184. The van der Waals surface area contributed by atoms with E-state index in [-0.39, 0.29) is 0 Å². The summed E-state index contributed by atoms with van der Waals surface area (Å²) in [6.45, 7) is 0. The molecule has 0 aliphatic carbocycles. The van der Waals surface area contributed by atoms with Crippen LogP contribution in [0.4, 0.5) is 13.2 Å². The Bertz CT molecular complexity index is 475. The molecule has 2 aromatic carbocycles. The van der Waals surface area contributed by atoms with E-state index in [9.17, 15) is 13.2 Å². The van der Waals surface area contributed by atoms with Gasteiger partial charge in [0, 0.05) is 0 Å². The summed E-state index contributed by atoms with van der Waals surface area (Å²) in [5, 5.41) is 10.5. The second-order valence-electron chi connectivity index (χ2n) is 3.46. The molecule has 0 aliphatic heterocycles. The summed E-state index contributed by atoms with van der Waals surface area (Å²) in [5.41, 5.74) is 0. The van der Waals surface area contributed by atoms with Crippen LogP contribution in [-0.4, -0.2) is 17.4 Å². The van der Waals surface area contributed by atoms with Crippen molar-refractivity contribution < 1.29 is 18.3 Å². The van der Waals surface area contributed by atoms with E-state index >= 15 is 0 Å². The van der Waals surface area contributed by atoms with Gasteiger partial charge >= 0.3 is 6.18 Å². The van der Waals surface area contributed by atoms with Crippen molar-refractivity contribution in [3.8, 4) is 12.3 Å². The van der Waals surface area contributed by atoms with Crippen molar-refractivity contribution in [1.82, 2.24) is 0 Å². The highest BCUT2D eigenvalue weighted by molar-refractivity contribution is 5.81. The first-order valence-electron chi connectivity index (χ1n) is 5.10. The Morgan fingerprint density at radius 2 is 1.28 bits per heavy atom. The van der Waals surface area contributed by atoms with Crippen molar-refractivity contribution in [2.45, 2.75) is 12.3 Å². The van der Waals surface area contributed by atoms with Crippen LogP contribution in [0.15, 0.2) is 48.5 Å². The molecule has 4 heteroatoms. The van der Waals surface area contributed by atoms with Gasteiger partial charge in [-0.05, 0) is 10.8 Å². The molecular formula is C14H11F3O. The molecule has 0 bridgehead atoms. The summed E-state index contributed by atoms with van der Waals surface area (Å²) in [4.78, 5) is 0. The number of aliphatic hydroxyl groups excluding tert-OH is 1. The molecule has 0 heterocycles. The fraction of sp³-hybridized carbons (Fsp3) is 0.143. The minimum absolute atomic E-state index is 1.14. The summed E-state index contributed by atoms with van der Waals surface area (Å²) >= 11 is 0. The molecule has 1 nitrogen and oxygen atoms in total. The number of hydrogen-bond donors (Lipinski definition) is 1. The lowest BCUT2D eigenvalue weighted by Gasteiger charge is -2.05. The molecule has 0 aliphatic rings. The summed E-state index contributed by atoms with van der Waals surface area (Å²) in [6.07, 6.45) is -3.06. The fourth-order valence-electron chi connectivity index (χ4n) is 1.23. The number of benzene rings is 2. The van der Waals surface area contributed by atoms with Gasteiger partial charge in [-0.2, -0.15) is 13.2 Å². The predicted molar refractivity (Wildman–Crippen MR) is 64.8 cm³/mol. The third kappa shape index (κ3) is 4.11. The van der Waals surface area contributed by atoms with Gasteiger partial charge in [-0.1, -0.05) is 54.5 Å². The maximum atomic E-state index is 11.1. The molecule has 2 rings (SSSR count). The third-order valence-corrected chi connectivity index (χ3v) is 2.13. The van der Waals surface area contributed by atoms with Gasteiger partial charge in [-0.15, -0.1) is 6.42 Å². The van der Waals surface area contributed by atoms with E-state index in [0.717, 1.165) is 5.92 Å². The van der Waals surface area contributed by atoms with Crippen molar-refractivity contribution in [1.29, 1.82) is 0 Å². The molecule has 1 N–H and O–H groups in total. The monoisotopic (exact) mass is 252 g/mol.